The van der Waals surface area contributed by atoms with Crippen molar-refractivity contribution < 1.29 is 29.4 Å². The van der Waals surface area contributed by atoms with Crippen LogP contribution in [0, 0.1) is 0 Å². The van der Waals surface area contributed by atoms with Crippen LogP contribution >= 0.6 is 0 Å². The van der Waals surface area contributed by atoms with Crippen molar-refractivity contribution in [2.45, 2.75) is 37.4 Å². The van der Waals surface area contributed by atoms with Gasteiger partial charge in [0.15, 0.2) is 5.96 Å². The number of para-hydroxylation sites is 1. The smallest absolute Gasteiger partial charge is 0.326 e. The summed E-state index contributed by atoms with van der Waals surface area (Å²) in [6.45, 7) is -0.942. The number of amides is 3. The molecule has 12 N–H and O–H groups in total. The van der Waals surface area contributed by atoms with Crippen molar-refractivity contribution in [1.29, 1.82) is 0 Å². The summed E-state index contributed by atoms with van der Waals surface area (Å²) in [5, 5.41) is 26.5. The summed E-state index contributed by atoms with van der Waals surface area (Å²) in [6.07, 6.45) is 2.16. The van der Waals surface area contributed by atoms with Gasteiger partial charge in [0.1, 0.15) is 18.1 Å². The molecule has 3 atom stereocenters. The molecule has 196 valence electrons. The van der Waals surface area contributed by atoms with E-state index in [0.29, 0.717) is 6.42 Å². The zero-order valence-corrected chi connectivity index (χ0v) is 19.6. The molecule has 36 heavy (non-hydrogen) atoms. The highest BCUT2D eigenvalue weighted by molar-refractivity contribution is 5.93. The topological polar surface area (TPSA) is 251 Å². The molecule has 0 saturated heterocycles. The molecular weight excluding hydrogens is 472 g/mol. The maximum atomic E-state index is 12.9. The third kappa shape index (κ3) is 8.56. The summed E-state index contributed by atoms with van der Waals surface area (Å²) in [7, 11) is 0. The average Bonchev–Trinajstić information content (AvgIpc) is 3.25. The normalized spacial score (nSPS) is 13.3. The number of fused-ring (bicyclic) bond motifs is 1. The Balaban J connectivity index is 2.02. The lowest BCUT2D eigenvalue weighted by molar-refractivity contribution is -0.142. The fourth-order valence-corrected chi connectivity index (χ4v) is 3.39. The number of carbonyl (C=O) groups is 4. The molecule has 3 amide bonds. The minimum absolute atomic E-state index is 0.0733. The lowest BCUT2D eigenvalue weighted by Gasteiger charge is -2.20. The Labute approximate surface area is 206 Å². The quantitative estimate of drug-likeness (QED) is 0.0733. The highest BCUT2D eigenvalue weighted by atomic mass is 16.4. The Hall–Kier alpha value is -4.17. The minimum Gasteiger partial charge on any atom is -0.480 e. The van der Waals surface area contributed by atoms with E-state index in [2.05, 4.69) is 25.9 Å². The molecule has 1 aromatic carbocycles. The zero-order chi connectivity index (χ0) is 26.7. The number of hydrogen-bond acceptors (Lipinski definition) is 7. The number of aliphatic carboxylic acids is 1. The number of carboxylic acids is 1. The average molecular weight is 505 g/mol. The van der Waals surface area contributed by atoms with Crippen LogP contribution in [0.5, 0.6) is 0 Å². The van der Waals surface area contributed by atoms with Crippen LogP contribution in [0.3, 0.4) is 0 Å². The molecule has 0 spiro atoms. The second kappa shape index (κ2) is 13.7. The number of guanidine groups is 1. The number of nitrogens with zero attached hydrogens (tertiary/aromatic N) is 1. The number of aliphatic hydroxyl groups excluding tert-OH is 1. The number of rotatable bonds is 14. The molecule has 0 aliphatic rings. The lowest BCUT2D eigenvalue weighted by Crippen LogP contribution is -2.54. The van der Waals surface area contributed by atoms with Crippen molar-refractivity contribution in [3.8, 4) is 0 Å². The number of carbonyl (C=O) groups excluding carboxylic acids is 3. The van der Waals surface area contributed by atoms with Crippen LogP contribution in [-0.2, 0) is 25.6 Å². The molecule has 2 rings (SSSR count). The van der Waals surface area contributed by atoms with Crippen molar-refractivity contribution in [3.63, 3.8) is 0 Å². The molecule has 2 aromatic rings. The largest absolute Gasteiger partial charge is 0.480 e. The first-order chi connectivity index (χ1) is 17.1. The van der Waals surface area contributed by atoms with E-state index in [1.807, 2.05) is 24.3 Å². The predicted molar refractivity (Wildman–Crippen MR) is 131 cm³/mol. The van der Waals surface area contributed by atoms with Crippen LogP contribution in [-0.4, -0.2) is 82.7 Å². The summed E-state index contributed by atoms with van der Waals surface area (Å²) in [4.78, 5) is 55.7. The second-order valence-corrected chi connectivity index (χ2v) is 8.04. The van der Waals surface area contributed by atoms with Gasteiger partial charge in [0.05, 0.1) is 13.2 Å². The summed E-state index contributed by atoms with van der Waals surface area (Å²) >= 11 is 0. The third-order valence-electron chi connectivity index (χ3n) is 5.27. The third-order valence-corrected chi connectivity index (χ3v) is 5.27. The maximum absolute atomic E-state index is 12.9. The van der Waals surface area contributed by atoms with Gasteiger partial charge in [-0.2, -0.15) is 0 Å². The van der Waals surface area contributed by atoms with E-state index in [9.17, 15) is 24.3 Å². The van der Waals surface area contributed by atoms with Crippen molar-refractivity contribution in [3.05, 3.63) is 36.0 Å². The summed E-state index contributed by atoms with van der Waals surface area (Å²) in [6, 6.07) is 3.83. The Morgan fingerprint density at radius 1 is 1.06 bits per heavy atom. The van der Waals surface area contributed by atoms with Crippen LogP contribution in [0.25, 0.3) is 10.9 Å². The van der Waals surface area contributed by atoms with Crippen molar-refractivity contribution >= 4 is 40.6 Å². The number of carboxylic acid groups (broad SMARTS) is 1. The van der Waals surface area contributed by atoms with Crippen LogP contribution in [0.1, 0.15) is 18.4 Å². The molecule has 0 saturated carbocycles. The molecule has 0 bridgehead atoms. The number of benzene rings is 1. The maximum Gasteiger partial charge on any atom is 0.326 e. The van der Waals surface area contributed by atoms with E-state index >= 15 is 0 Å². The molecule has 0 fully saturated rings. The van der Waals surface area contributed by atoms with Crippen molar-refractivity contribution in [2.75, 3.05) is 19.7 Å². The van der Waals surface area contributed by atoms with Crippen LogP contribution in [0.15, 0.2) is 35.5 Å². The molecule has 1 aromatic heterocycles. The molecule has 14 nitrogen and oxygen atoms in total. The number of nitrogens with one attached hydrogen (secondary N) is 4. The molecule has 3 unspecified atom stereocenters. The zero-order valence-electron chi connectivity index (χ0n) is 19.6. The Morgan fingerprint density at radius 2 is 1.78 bits per heavy atom. The highest BCUT2D eigenvalue weighted by Crippen LogP contribution is 2.19. The van der Waals surface area contributed by atoms with E-state index in [1.165, 1.54) is 0 Å². The van der Waals surface area contributed by atoms with Gasteiger partial charge >= 0.3 is 5.97 Å². The number of H-pyrrole nitrogens is 1. The lowest BCUT2D eigenvalue weighted by atomic mass is 10.0. The monoisotopic (exact) mass is 504 g/mol. The van der Waals surface area contributed by atoms with E-state index < -0.39 is 55.0 Å². The van der Waals surface area contributed by atoms with Crippen LogP contribution in [0.2, 0.25) is 0 Å². The first-order valence-corrected chi connectivity index (χ1v) is 11.2. The van der Waals surface area contributed by atoms with Crippen molar-refractivity contribution in [1.82, 2.24) is 20.9 Å². The Morgan fingerprint density at radius 3 is 2.44 bits per heavy atom. The van der Waals surface area contributed by atoms with E-state index in [1.54, 1.807) is 6.20 Å². The number of aliphatic hydroxyl groups is 1. The van der Waals surface area contributed by atoms with Gasteiger partial charge in [-0.15, -0.1) is 0 Å². The SMILES string of the molecule is NC(N)=NCCCC(NC(=O)CNC(=O)C(Cc1c[nH]c2ccccc12)NC(=O)C(N)CO)C(=O)O. The number of aromatic nitrogens is 1. The fourth-order valence-electron chi connectivity index (χ4n) is 3.39. The molecule has 1 heterocycles. The van der Waals surface area contributed by atoms with E-state index in [4.69, 9.17) is 22.3 Å². The molecule has 0 aliphatic heterocycles. The molecule has 0 radical (unpaired) electrons. The number of aliphatic imine (C=N–C) groups is 1. The van der Waals surface area contributed by atoms with Gasteiger partial charge in [-0.1, -0.05) is 18.2 Å². The first-order valence-electron chi connectivity index (χ1n) is 11.2. The highest BCUT2D eigenvalue weighted by Gasteiger charge is 2.26. The van der Waals surface area contributed by atoms with Gasteiger partial charge in [0.25, 0.3) is 0 Å². The minimum atomic E-state index is -1.25. The first kappa shape index (κ1) is 28.1. The molecular formula is C22H32N8O6. The van der Waals surface area contributed by atoms with Gasteiger partial charge in [-0.05, 0) is 24.5 Å². The van der Waals surface area contributed by atoms with Crippen molar-refractivity contribution in [2.24, 2.45) is 22.2 Å². The van der Waals surface area contributed by atoms with Gasteiger partial charge in [0, 0.05) is 30.1 Å². The fraction of sp³-hybridized carbons (Fsp3) is 0.409. The standard InChI is InChI=1S/C22H32N8O6/c23-14(11-31)19(33)30-17(8-12-9-27-15-5-2-1-4-13(12)15)20(34)28-10-18(32)29-16(21(35)36)6-3-7-26-22(24)25/h1-2,4-5,9,14,16-17,27,31H,3,6-8,10-11,23H2,(H,28,34)(H,29,32)(H,30,33)(H,35,36)(H4,24,25,26). The number of nitrogens with two attached hydrogens (primary N) is 3. The Kier molecular flexibility index (Phi) is 10.6. The van der Waals surface area contributed by atoms with E-state index in [0.717, 1.165) is 16.5 Å². The summed E-state index contributed by atoms with van der Waals surface area (Å²) in [5.74, 6) is -3.53. The van der Waals surface area contributed by atoms with Crippen LogP contribution in [0.4, 0.5) is 0 Å². The van der Waals surface area contributed by atoms with Crippen LogP contribution < -0.4 is 33.2 Å². The van der Waals surface area contributed by atoms with Gasteiger partial charge < -0.3 is 48.3 Å². The Bertz CT molecular complexity index is 1100. The molecule has 14 heteroatoms. The van der Waals surface area contributed by atoms with Gasteiger partial charge in [-0.3, -0.25) is 19.4 Å². The number of hydrogen-bond donors (Lipinski definition) is 9. The molecule has 0 aliphatic carbocycles. The summed E-state index contributed by atoms with van der Waals surface area (Å²) < 4.78 is 0. The van der Waals surface area contributed by atoms with Gasteiger partial charge in [0.2, 0.25) is 17.7 Å². The summed E-state index contributed by atoms with van der Waals surface area (Å²) in [5.41, 5.74) is 17.6. The predicted octanol–water partition coefficient (Wildman–Crippen LogP) is -2.75. The number of aromatic amines is 1. The van der Waals surface area contributed by atoms with E-state index in [-0.39, 0.29) is 25.3 Å². The van der Waals surface area contributed by atoms with Gasteiger partial charge in [-0.25, -0.2) is 4.79 Å². The second-order valence-electron chi connectivity index (χ2n) is 8.04.